The molecule has 2 aliphatic heterocycles. The van der Waals surface area contributed by atoms with Crippen molar-refractivity contribution in [1.82, 2.24) is 5.32 Å². The first-order valence-electron chi connectivity index (χ1n) is 9.35. The van der Waals surface area contributed by atoms with Crippen LogP contribution in [0.2, 0.25) is 0 Å². The van der Waals surface area contributed by atoms with Crippen LogP contribution in [0.15, 0.2) is 30.3 Å². The summed E-state index contributed by atoms with van der Waals surface area (Å²) in [7, 11) is 0. The Balaban J connectivity index is 1.40. The Hall–Kier alpha value is -2.89. The summed E-state index contributed by atoms with van der Waals surface area (Å²) in [5, 5.41) is 5.79. The third-order valence-corrected chi connectivity index (χ3v) is 4.67. The largest absolute Gasteiger partial charge is 0.493 e. The number of carbonyl (C=O) groups excluding carboxylic acids is 1. The average Bonchev–Trinajstić information content (AvgIpc) is 3.28. The Morgan fingerprint density at radius 3 is 2.70 bits per heavy atom. The molecule has 0 aliphatic carbocycles. The summed E-state index contributed by atoms with van der Waals surface area (Å²) in [6, 6.07) is 9.17. The molecule has 142 valence electrons. The number of nitrogens with one attached hydrogen (secondary N) is 2. The van der Waals surface area contributed by atoms with Crippen LogP contribution in [0, 0.1) is 0 Å². The van der Waals surface area contributed by atoms with Crippen molar-refractivity contribution in [2.24, 2.45) is 0 Å². The van der Waals surface area contributed by atoms with E-state index >= 15 is 0 Å². The highest BCUT2D eigenvalue weighted by Crippen LogP contribution is 2.40. The standard InChI is InChI=1S/C21H24N2O4/c1-13(2)27-16-5-3-15(4-6-16)23-21(24)22-12-18-17-8-10-25-19(17)11-14-7-9-26-20(14)18/h3-6,11,13H,7-10,12H2,1-2H3,(H2,22,23,24). The topological polar surface area (TPSA) is 68.8 Å². The third-order valence-electron chi connectivity index (χ3n) is 4.67. The lowest BCUT2D eigenvalue weighted by Crippen LogP contribution is -2.28. The monoisotopic (exact) mass is 368 g/mol. The van der Waals surface area contributed by atoms with Gasteiger partial charge in [0.05, 0.1) is 19.3 Å². The van der Waals surface area contributed by atoms with Crippen LogP contribution >= 0.6 is 0 Å². The van der Waals surface area contributed by atoms with Crippen LogP contribution in [0.3, 0.4) is 0 Å². The first kappa shape index (κ1) is 17.5. The second-order valence-electron chi connectivity index (χ2n) is 7.02. The number of benzene rings is 2. The highest BCUT2D eigenvalue weighted by Gasteiger charge is 2.26. The van der Waals surface area contributed by atoms with E-state index in [4.69, 9.17) is 14.2 Å². The minimum absolute atomic E-state index is 0.118. The molecular formula is C21H24N2O4. The van der Waals surface area contributed by atoms with Crippen molar-refractivity contribution in [1.29, 1.82) is 0 Å². The fourth-order valence-electron chi connectivity index (χ4n) is 3.50. The van der Waals surface area contributed by atoms with Gasteiger partial charge < -0.3 is 24.8 Å². The fraction of sp³-hybridized carbons (Fsp3) is 0.381. The molecule has 0 bridgehead atoms. The number of hydrogen-bond donors (Lipinski definition) is 2. The maximum Gasteiger partial charge on any atom is 0.319 e. The molecule has 2 heterocycles. The van der Waals surface area contributed by atoms with Gasteiger partial charge in [0.25, 0.3) is 0 Å². The predicted octanol–water partition coefficient (Wildman–Crippen LogP) is 3.67. The first-order chi connectivity index (χ1) is 13.1. The zero-order chi connectivity index (χ0) is 18.8. The zero-order valence-electron chi connectivity index (χ0n) is 15.6. The van der Waals surface area contributed by atoms with Crippen LogP contribution in [0.25, 0.3) is 0 Å². The molecule has 27 heavy (non-hydrogen) atoms. The molecule has 2 N–H and O–H groups in total. The molecule has 2 aliphatic rings. The molecule has 0 radical (unpaired) electrons. The highest BCUT2D eigenvalue weighted by atomic mass is 16.5. The molecule has 0 unspecified atom stereocenters. The molecule has 2 aromatic carbocycles. The number of hydrogen-bond acceptors (Lipinski definition) is 4. The maximum absolute atomic E-state index is 12.3. The summed E-state index contributed by atoms with van der Waals surface area (Å²) in [5.74, 6) is 2.62. The Morgan fingerprint density at radius 2 is 1.93 bits per heavy atom. The van der Waals surface area contributed by atoms with Gasteiger partial charge in [-0.2, -0.15) is 0 Å². The van der Waals surface area contributed by atoms with Gasteiger partial charge in [0.1, 0.15) is 17.2 Å². The van der Waals surface area contributed by atoms with E-state index < -0.39 is 0 Å². The van der Waals surface area contributed by atoms with Crippen molar-refractivity contribution in [2.75, 3.05) is 18.5 Å². The third kappa shape index (κ3) is 3.79. The number of ether oxygens (including phenoxy) is 3. The van der Waals surface area contributed by atoms with E-state index in [0.29, 0.717) is 25.4 Å². The van der Waals surface area contributed by atoms with Gasteiger partial charge >= 0.3 is 6.03 Å². The lowest BCUT2D eigenvalue weighted by Gasteiger charge is -2.14. The van der Waals surface area contributed by atoms with Crippen molar-refractivity contribution < 1.29 is 19.0 Å². The highest BCUT2D eigenvalue weighted by molar-refractivity contribution is 5.89. The minimum atomic E-state index is -0.254. The van der Waals surface area contributed by atoms with Crippen LogP contribution in [0.4, 0.5) is 10.5 Å². The number of fused-ring (bicyclic) bond motifs is 2. The molecule has 0 saturated heterocycles. The van der Waals surface area contributed by atoms with E-state index in [-0.39, 0.29) is 12.1 Å². The lowest BCUT2D eigenvalue weighted by molar-refractivity contribution is 0.242. The van der Waals surface area contributed by atoms with Gasteiger partial charge in [-0.05, 0) is 44.2 Å². The molecule has 0 fully saturated rings. The molecule has 4 rings (SSSR count). The molecular weight excluding hydrogens is 344 g/mol. The second-order valence-corrected chi connectivity index (χ2v) is 7.02. The normalized spacial score (nSPS) is 14.2. The molecule has 6 heteroatoms. The van der Waals surface area contributed by atoms with Gasteiger partial charge in [0.15, 0.2) is 0 Å². The summed E-state index contributed by atoms with van der Waals surface area (Å²) >= 11 is 0. The van der Waals surface area contributed by atoms with E-state index in [9.17, 15) is 4.79 Å². The first-order valence-corrected chi connectivity index (χ1v) is 9.35. The minimum Gasteiger partial charge on any atom is -0.493 e. The van der Waals surface area contributed by atoms with Crippen LogP contribution in [0.1, 0.15) is 30.5 Å². The molecule has 0 atom stereocenters. The second kappa shape index (κ2) is 7.39. The number of anilines is 1. The Labute approximate surface area is 158 Å². The number of amides is 2. The van der Waals surface area contributed by atoms with Gasteiger partial charge in [0, 0.05) is 41.8 Å². The zero-order valence-corrected chi connectivity index (χ0v) is 15.6. The molecule has 2 amide bonds. The van der Waals surface area contributed by atoms with Crippen LogP contribution in [-0.4, -0.2) is 25.3 Å². The van der Waals surface area contributed by atoms with Crippen LogP contribution < -0.4 is 24.8 Å². The van der Waals surface area contributed by atoms with Crippen LogP contribution in [0.5, 0.6) is 17.2 Å². The number of rotatable bonds is 5. The van der Waals surface area contributed by atoms with Crippen molar-refractivity contribution in [2.45, 2.75) is 39.3 Å². The average molecular weight is 368 g/mol. The summed E-state index contributed by atoms with van der Waals surface area (Å²) in [6.07, 6.45) is 1.85. The van der Waals surface area contributed by atoms with E-state index in [1.165, 1.54) is 0 Å². The van der Waals surface area contributed by atoms with Crippen molar-refractivity contribution in [3.63, 3.8) is 0 Å². The molecule has 0 saturated carbocycles. The Kier molecular flexibility index (Phi) is 4.79. The molecule has 0 spiro atoms. The summed E-state index contributed by atoms with van der Waals surface area (Å²) in [5.41, 5.74) is 4.06. The smallest absolute Gasteiger partial charge is 0.319 e. The SMILES string of the molecule is CC(C)Oc1ccc(NC(=O)NCc2c3c(cc4c2OCC4)OCC3)cc1. The Bertz CT molecular complexity index is 814. The van der Waals surface area contributed by atoms with Gasteiger partial charge in [-0.25, -0.2) is 4.79 Å². The summed E-state index contributed by atoms with van der Waals surface area (Å²) < 4.78 is 17.1. The van der Waals surface area contributed by atoms with E-state index in [1.54, 1.807) is 0 Å². The molecule has 6 nitrogen and oxygen atoms in total. The number of urea groups is 1. The fourth-order valence-corrected chi connectivity index (χ4v) is 3.50. The van der Waals surface area contributed by atoms with E-state index in [0.717, 1.165) is 46.8 Å². The van der Waals surface area contributed by atoms with Gasteiger partial charge in [-0.15, -0.1) is 0 Å². The predicted molar refractivity (Wildman–Crippen MR) is 103 cm³/mol. The van der Waals surface area contributed by atoms with Gasteiger partial charge in [-0.3, -0.25) is 0 Å². The summed E-state index contributed by atoms with van der Waals surface area (Å²) in [4.78, 5) is 12.3. The lowest BCUT2D eigenvalue weighted by atomic mass is 9.99. The van der Waals surface area contributed by atoms with E-state index in [2.05, 4.69) is 16.7 Å². The van der Waals surface area contributed by atoms with Gasteiger partial charge in [0.2, 0.25) is 0 Å². The van der Waals surface area contributed by atoms with Crippen LogP contribution in [-0.2, 0) is 19.4 Å². The van der Waals surface area contributed by atoms with Crippen molar-refractivity contribution in [3.05, 3.63) is 47.0 Å². The van der Waals surface area contributed by atoms with E-state index in [1.807, 2.05) is 38.1 Å². The quantitative estimate of drug-likeness (QED) is 0.845. The Morgan fingerprint density at radius 1 is 1.15 bits per heavy atom. The van der Waals surface area contributed by atoms with Crippen molar-refractivity contribution >= 4 is 11.7 Å². The van der Waals surface area contributed by atoms with Gasteiger partial charge in [-0.1, -0.05) is 0 Å². The molecule has 2 aromatic rings. The number of carbonyl (C=O) groups is 1. The molecule has 0 aromatic heterocycles. The van der Waals surface area contributed by atoms with Crippen molar-refractivity contribution in [3.8, 4) is 17.2 Å². The summed E-state index contributed by atoms with van der Waals surface area (Å²) in [6.45, 7) is 5.73. The maximum atomic E-state index is 12.3.